The van der Waals surface area contributed by atoms with Gasteiger partial charge < -0.3 is 4.74 Å². The lowest BCUT2D eigenvalue weighted by atomic mass is 10.1. The number of nitrogens with one attached hydrogen (secondary N) is 2. The number of sulfonamides is 1. The Balaban J connectivity index is 0.000000616. The fourth-order valence-corrected chi connectivity index (χ4v) is 4.98. The van der Waals surface area contributed by atoms with Crippen LogP contribution in [0.2, 0.25) is 19.6 Å². The highest BCUT2D eigenvalue weighted by atomic mass is 32.2. The fourth-order valence-electron chi connectivity index (χ4n) is 3.65. The van der Waals surface area contributed by atoms with E-state index in [1.807, 2.05) is 62.1 Å². The molecular weight excluding hydrogens is 569 g/mol. The van der Waals surface area contributed by atoms with Gasteiger partial charge in [0.05, 0.1) is 11.5 Å². The van der Waals surface area contributed by atoms with Crippen LogP contribution in [-0.4, -0.2) is 43.9 Å². The summed E-state index contributed by atoms with van der Waals surface area (Å²) in [5.41, 5.74) is 10.5. The molecule has 1 aromatic heterocycles. The summed E-state index contributed by atoms with van der Waals surface area (Å²) in [6.07, 6.45) is 7.26. The molecule has 0 saturated heterocycles. The van der Waals surface area contributed by atoms with Crippen LogP contribution in [0.4, 0.5) is 5.69 Å². The van der Waals surface area contributed by atoms with E-state index < -0.39 is 18.3 Å². The molecule has 0 atom stereocenters. The summed E-state index contributed by atoms with van der Waals surface area (Å²) in [6, 6.07) is 23.6. The van der Waals surface area contributed by atoms with E-state index in [2.05, 4.69) is 47.2 Å². The first-order chi connectivity index (χ1) is 20.2. The van der Waals surface area contributed by atoms with Gasteiger partial charge in [-0.1, -0.05) is 80.3 Å². The molecule has 0 aliphatic carbocycles. The van der Waals surface area contributed by atoms with Crippen LogP contribution in [-0.2, 0) is 22.9 Å². The van der Waals surface area contributed by atoms with Gasteiger partial charge in [-0.2, -0.15) is 0 Å². The molecule has 0 radical (unpaired) electrons. The largest absolute Gasteiger partial charge is 0.493 e. The number of rotatable bonds is 13. The van der Waals surface area contributed by atoms with E-state index in [1.165, 1.54) is 0 Å². The first-order valence-corrected chi connectivity index (χ1v) is 18.4. The van der Waals surface area contributed by atoms with Crippen molar-refractivity contribution in [3.63, 3.8) is 0 Å². The third-order valence-electron chi connectivity index (χ3n) is 5.61. The average molecular weight is 605 g/mol. The Kier molecular flexibility index (Phi) is 12.3. The lowest BCUT2D eigenvalue weighted by Crippen LogP contribution is -2.13. The standard InChI is InChI=1S/C26H27N5O3S.C3H9N3Si/c32-35(33,24-14-4-1-5-15-24)29-23-13-9-11-21(20-23)10-3-2-8-19-34-25-16-7-6-12-22(25)17-18-26-27-30-31-28-26;1-7(2,3)6-5-4/h1,3-7,9-16,20,29H,2,8,17-19H2,(H,27,28,30,31);1-3H3/b10-3+;. The number of aromatic nitrogens is 4. The second kappa shape index (κ2) is 16.1. The molecule has 11 nitrogen and oxygen atoms in total. The molecule has 0 aliphatic rings. The molecule has 2 N–H and O–H groups in total. The van der Waals surface area contributed by atoms with Crippen molar-refractivity contribution in [2.45, 2.75) is 50.2 Å². The molecule has 220 valence electrons. The van der Waals surface area contributed by atoms with Crippen LogP contribution < -0.4 is 9.46 Å². The smallest absolute Gasteiger partial charge is 0.261 e. The summed E-state index contributed by atoms with van der Waals surface area (Å²) < 4.78 is 37.3. The van der Waals surface area contributed by atoms with Crippen LogP contribution in [0.3, 0.4) is 0 Å². The monoisotopic (exact) mass is 604 g/mol. The number of para-hydroxylation sites is 1. The highest BCUT2D eigenvalue weighted by Gasteiger charge is 2.13. The zero-order chi connectivity index (χ0) is 30.3. The minimum atomic E-state index is -3.61. The summed E-state index contributed by atoms with van der Waals surface area (Å²) in [5.74, 6) is 1.63. The number of hydrogen-bond donors (Lipinski definition) is 2. The lowest BCUT2D eigenvalue weighted by Gasteiger charge is -2.10. The molecule has 42 heavy (non-hydrogen) atoms. The van der Waals surface area contributed by atoms with E-state index in [9.17, 15) is 8.42 Å². The Morgan fingerprint density at radius 2 is 1.79 bits per heavy atom. The summed E-state index contributed by atoms with van der Waals surface area (Å²) in [6.45, 7) is 6.58. The van der Waals surface area contributed by atoms with Gasteiger partial charge >= 0.3 is 0 Å². The van der Waals surface area contributed by atoms with Gasteiger partial charge in [-0.05, 0) is 81.6 Å². The third kappa shape index (κ3) is 11.6. The first-order valence-electron chi connectivity index (χ1n) is 13.5. The molecule has 0 bridgehead atoms. The van der Waals surface area contributed by atoms with Crippen LogP contribution >= 0.6 is 0 Å². The molecule has 0 aliphatic heterocycles. The zero-order valence-corrected chi connectivity index (χ0v) is 25.8. The molecule has 0 spiro atoms. The summed E-state index contributed by atoms with van der Waals surface area (Å²) in [4.78, 5) is 2.93. The molecule has 4 aromatic rings. The minimum absolute atomic E-state index is 0.234. The number of nitrogens with zero attached hydrogens (tertiary/aromatic N) is 6. The van der Waals surface area contributed by atoms with E-state index in [0.717, 1.165) is 48.4 Å². The quantitative estimate of drug-likeness (QED) is 0.0562. The summed E-state index contributed by atoms with van der Waals surface area (Å²) >= 11 is 0. The van der Waals surface area contributed by atoms with Crippen LogP contribution in [0.25, 0.3) is 16.5 Å². The molecule has 4 rings (SSSR count). The highest BCUT2D eigenvalue weighted by molar-refractivity contribution is 7.92. The van der Waals surface area contributed by atoms with E-state index in [1.54, 1.807) is 36.4 Å². The Morgan fingerprint density at radius 3 is 2.48 bits per heavy atom. The number of aryl methyl sites for hydroxylation is 2. The van der Waals surface area contributed by atoms with Gasteiger partial charge in [-0.15, -0.1) is 9.88 Å². The van der Waals surface area contributed by atoms with Gasteiger partial charge in [0.15, 0.2) is 0 Å². The number of allylic oxidation sites excluding steroid dienone is 1. The van der Waals surface area contributed by atoms with Gasteiger partial charge in [0.1, 0.15) is 19.8 Å². The van der Waals surface area contributed by atoms with Crippen molar-refractivity contribution < 1.29 is 13.2 Å². The number of H-pyrrole nitrogens is 1. The average Bonchev–Trinajstić information content (AvgIpc) is 3.48. The number of aromatic amines is 1. The van der Waals surface area contributed by atoms with E-state index in [-0.39, 0.29) is 4.90 Å². The van der Waals surface area contributed by atoms with Crippen molar-refractivity contribution >= 4 is 30.0 Å². The number of anilines is 1. The molecule has 0 saturated carbocycles. The van der Waals surface area contributed by atoms with Crippen LogP contribution in [0.1, 0.15) is 29.8 Å². The van der Waals surface area contributed by atoms with Crippen molar-refractivity contribution in [1.29, 1.82) is 0 Å². The Morgan fingerprint density at radius 1 is 1.02 bits per heavy atom. The molecular formula is C29H36N8O3SSi. The zero-order valence-electron chi connectivity index (χ0n) is 24.0. The number of tetrazole rings is 1. The first kappa shape index (κ1) is 32.1. The number of azide groups is 1. The van der Waals surface area contributed by atoms with E-state index in [4.69, 9.17) is 10.3 Å². The maximum Gasteiger partial charge on any atom is 0.261 e. The second-order valence-corrected chi connectivity index (χ2v) is 16.5. The maximum atomic E-state index is 12.5. The van der Waals surface area contributed by atoms with Crippen molar-refractivity contribution in [2.75, 3.05) is 11.3 Å². The lowest BCUT2D eigenvalue weighted by molar-refractivity contribution is 0.309. The minimum Gasteiger partial charge on any atom is -0.493 e. The van der Waals surface area contributed by atoms with Crippen LogP contribution in [0.5, 0.6) is 5.75 Å². The second-order valence-electron chi connectivity index (χ2n) is 10.3. The predicted octanol–water partition coefficient (Wildman–Crippen LogP) is 6.79. The summed E-state index contributed by atoms with van der Waals surface area (Å²) in [7, 11) is -5.06. The molecule has 0 amide bonds. The fraction of sp³-hybridized carbons (Fsp3) is 0.276. The van der Waals surface area contributed by atoms with Gasteiger partial charge in [-0.25, -0.2) is 13.5 Å². The van der Waals surface area contributed by atoms with Gasteiger partial charge in [0, 0.05) is 12.1 Å². The van der Waals surface area contributed by atoms with Crippen molar-refractivity contribution in [3.05, 3.63) is 112 Å². The number of ether oxygens (including phenoxy) is 1. The highest BCUT2D eigenvalue weighted by Crippen LogP contribution is 2.21. The van der Waals surface area contributed by atoms with E-state index in [0.29, 0.717) is 12.3 Å². The molecule has 1 heterocycles. The molecule has 0 unspecified atom stereocenters. The van der Waals surface area contributed by atoms with Gasteiger partial charge in [0.25, 0.3) is 10.0 Å². The van der Waals surface area contributed by atoms with Crippen LogP contribution in [0, 0.1) is 0 Å². The van der Waals surface area contributed by atoms with Crippen molar-refractivity contribution in [2.24, 2.45) is 4.78 Å². The molecule has 0 fully saturated rings. The van der Waals surface area contributed by atoms with Gasteiger partial charge in [-0.3, -0.25) is 4.72 Å². The summed E-state index contributed by atoms with van der Waals surface area (Å²) in [5, 5.41) is 13.9. The maximum absolute atomic E-state index is 12.5. The molecule has 13 heteroatoms. The number of hydrogen-bond acceptors (Lipinski definition) is 7. The molecule has 3 aromatic carbocycles. The SMILES string of the molecule is C[Si](C)(C)N=[N+]=[N-].O=S(=O)(Nc1cccc(/C=C/CCCOc2ccccc2CCc2nnn[nH]2)c1)c1ccccc1. The Labute approximate surface area is 247 Å². The topological polar surface area (TPSA) is 159 Å². The number of benzene rings is 3. The van der Waals surface area contributed by atoms with Crippen LogP contribution in [0.15, 0.2) is 94.6 Å². The normalized spacial score (nSPS) is 11.3. The number of unbranched alkanes of at least 4 members (excludes halogenated alkanes) is 1. The Bertz CT molecular complexity index is 1570. The van der Waals surface area contributed by atoms with E-state index >= 15 is 0 Å². The predicted molar refractivity (Wildman–Crippen MR) is 168 cm³/mol. The van der Waals surface area contributed by atoms with Crippen molar-refractivity contribution in [3.8, 4) is 5.75 Å². The third-order valence-corrected chi connectivity index (χ3v) is 7.70. The van der Waals surface area contributed by atoms with Crippen molar-refractivity contribution in [1.82, 2.24) is 20.6 Å². The Hall–Kier alpha value is -4.45. The van der Waals surface area contributed by atoms with Gasteiger partial charge in [0.2, 0.25) is 0 Å².